The van der Waals surface area contributed by atoms with E-state index in [0.29, 0.717) is 11.3 Å². The van der Waals surface area contributed by atoms with Gasteiger partial charge in [-0.05, 0) is 54.1 Å². The Balaban J connectivity index is 1.63. The van der Waals surface area contributed by atoms with E-state index >= 15 is 0 Å². The summed E-state index contributed by atoms with van der Waals surface area (Å²) in [5.74, 6) is -1.44. The van der Waals surface area contributed by atoms with Crippen LogP contribution >= 0.6 is 0 Å². The SMILES string of the molecule is CC(=O)Oc1cccc(C(=O)Nc2cccc(CNC(=O)c3cccc(F)c3)c2)c1. The van der Waals surface area contributed by atoms with Gasteiger partial charge in [0.15, 0.2) is 0 Å². The second-order valence-corrected chi connectivity index (χ2v) is 6.47. The van der Waals surface area contributed by atoms with Crippen LogP contribution in [0.4, 0.5) is 10.1 Å². The van der Waals surface area contributed by atoms with Crippen molar-refractivity contribution in [1.29, 1.82) is 0 Å². The van der Waals surface area contributed by atoms with Gasteiger partial charge in [0.25, 0.3) is 11.8 Å². The molecule has 6 nitrogen and oxygen atoms in total. The molecule has 3 aromatic carbocycles. The normalized spacial score (nSPS) is 10.2. The minimum absolute atomic E-state index is 0.209. The van der Waals surface area contributed by atoms with Crippen LogP contribution in [-0.2, 0) is 11.3 Å². The average Bonchev–Trinajstić information content (AvgIpc) is 2.72. The lowest BCUT2D eigenvalue weighted by Gasteiger charge is -2.10. The first kappa shape index (κ1) is 20.7. The first-order valence-electron chi connectivity index (χ1n) is 9.13. The number of benzene rings is 3. The monoisotopic (exact) mass is 406 g/mol. The molecule has 0 unspecified atom stereocenters. The van der Waals surface area contributed by atoms with Crippen molar-refractivity contribution in [3.63, 3.8) is 0 Å². The van der Waals surface area contributed by atoms with Gasteiger partial charge in [0.2, 0.25) is 0 Å². The summed E-state index contributed by atoms with van der Waals surface area (Å²) < 4.78 is 18.2. The zero-order valence-electron chi connectivity index (χ0n) is 16.1. The summed E-state index contributed by atoms with van der Waals surface area (Å²) in [6.45, 7) is 1.49. The van der Waals surface area contributed by atoms with Gasteiger partial charge in [0.05, 0.1) is 0 Å². The van der Waals surface area contributed by atoms with E-state index in [0.717, 1.165) is 11.6 Å². The van der Waals surface area contributed by atoms with Crippen LogP contribution < -0.4 is 15.4 Å². The van der Waals surface area contributed by atoms with E-state index in [9.17, 15) is 18.8 Å². The molecule has 0 radical (unpaired) electrons. The number of hydrogen-bond acceptors (Lipinski definition) is 4. The number of esters is 1. The topological polar surface area (TPSA) is 84.5 Å². The summed E-state index contributed by atoms with van der Waals surface area (Å²) in [6, 6.07) is 18.7. The van der Waals surface area contributed by atoms with Crippen molar-refractivity contribution in [1.82, 2.24) is 5.32 Å². The van der Waals surface area contributed by atoms with Gasteiger partial charge in [-0.25, -0.2) is 4.39 Å². The Morgan fingerprint density at radius 1 is 0.867 bits per heavy atom. The number of carbonyl (C=O) groups is 3. The summed E-state index contributed by atoms with van der Waals surface area (Å²) in [4.78, 5) is 35.7. The van der Waals surface area contributed by atoms with Gasteiger partial charge in [-0.2, -0.15) is 0 Å². The molecule has 2 N–H and O–H groups in total. The number of rotatable bonds is 6. The van der Waals surface area contributed by atoms with Crippen LogP contribution in [0.2, 0.25) is 0 Å². The predicted octanol–water partition coefficient (Wildman–Crippen LogP) is 3.93. The lowest BCUT2D eigenvalue weighted by Crippen LogP contribution is -2.23. The highest BCUT2D eigenvalue weighted by atomic mass is 19.1. The Morgan fingerprint density at radius 3 is 2.30 bits per heavy atom. The molecule has 152 valence electrons. The van der Waals surface area contributed by atoms with Crippen LogP contribution in [0.25, 0.3) is 0 Å². The molecule has 7 heteroatoms. The molecule has 0 saturated heterocycles. The number of nitrogens with one attached hydrogen (secondary N) is 2. The molecule has 30 heavy (non-hydrogen) atoms. The second-order valence-electron chi connectivity index (χ2n) is 6.47. The first-order chi connectivity index (χ1) is 14.4. The molecule has 0 fully saturated rings. The number of halogens is 1. The standard InChI is InChI=1S/C23H19FN2O4/c1-15(27)30-21-10-4-7-18(13-21)23(29)26-20-9-2-5-16(11-20)14-25-22(28)17-6-3-8-19(24)12-17/h2-13H,14H2,1H3,(H,25,28)(H,26,29). The summed E-state index contributed by atoms with van der Waals surface area (Å²) in [7, 11) is 0. The highest BCUT2D eigenvalue weighted by molar-refractivity contribution is 6.04. The molecule has 3 aromatic rings. The number of carbonyl (C=O) groups excluding carboxylic acids is 3. The maximum absolute atomic E-state index is 13.2. The van der Waals surface area contributed by atoms with Crippen molar-refractivity contribution >= 4 is 23.5 Å². The molecule has 0 aromatic heterocycles. The Morgan fingerprint density at radius 2 is 1.57 bits per heavy atom. The molecule has 3 rings (SSSR count). The molecular weight excluding hydrogens is 387 g/mol. The van der Waals surface area contributed by atoms with Crippen molar-refractivity contribution in [3.8, 4) is 5.75 Å². The largest absolute Gasteiger partial charge is 0.427 e. The number of amides is 2. The zero-order valence-corrected chi connectivity index (χ0v) is 16.1. The fourth-order valence-corrected chi connectivity index (χ4v) is 2.74. The first-order valence-corrected chi connectivity index (χ1v) is 9.13. The van der Waals surface area contributed by atoms with Gasteiger partial charge >= 0.3 is 5.97 Å². The van der Waals surface area contributed by atoms with Gasteiger partial charge in [0.1, 0.15) is 11.6 Å². The molecule has 0 atom stereocenters. The second kappa shape index (κ2) is 9.47. The van der Waals surface area contributed by atoms with E-state index in [4.69, 9.17) is 4.74 Å². The van der Waals surface area contributed by atoms with Gasteiger partial charge in [-0.3, -0.25) is 14.4 Å². The fraction of sp³-hybridized carbons (Fsp3) is 0.0870. The highest BCUT2D eigenvalue weighted by Crippen LogP contribution is 2.17. The minimum atomic E-state index is -0.481. The Bertz CT molecular complexity index is 1100. The van der Waals surface area contributed by atoms with E-state index in [1.165, 1.54) is 31.2 Å². The molecule has 2 amide bonds. The third-order valence-corrected chi connectivity index (χ3v) is 4.08. The summed E-state index contributed by atoms with van der Waals surface area (Å²) in [6.07, 6.45) is 0. The molecule has 0 aliphatic rings. The van der Waals surface area contributed by atoms with Gasteiger partial charge in [-0.15, -0.1) is 0 Å². The summed E-state index contributed by atoms with van der Waals surface area (Å²) >= 11 is 0. The predicted molar refractivity (Wildman–Crippen MR) is 110 cm³/mol. The van der Waals surface area contributed by atoms with E-state index in [1.807, 2.05) is 0 Å². The molecule has 0 bridgehead atoms. The van der Waals surface area contributed by atoms with Crippen LogP contribution in [0.15, 0.2) is 72.8 Å². The lowest BCUT2D eigenvalue weighted by atomic mass is 10.1. The average molecular weight is 406 g/mol. The van der Waals surface area contributed by atoms with Crippen molar-refractivity contribution in [2.45, 2.75) is 13.5 Å². The maximum atomic E-state index is 13.2. The Kier molecular flexibility index (Phi) is 6.54. The lowest BCUT2D eigenvalue weighted by molar-refractivity contribution is -0.131. The van der Waals surface area contributed by atoms with Crippen LogP contribution in [0, 0.1) is 5.82 Å². The molecule has 0 aliphatic carbocycles. The van der Waals surface area contributed by atoms with E-state index in [2.05, 4.69) is 10.6 Å². The van der Waals surface area contributed by atoms with E-state index < -0.39 is 17.7 Å². The Labute approximate surface area is 172 Å². The fourth-order valence-electron chi connectivity index (χ4n) is 2.74. The van der Waals surface area contributed by atoms with Crippen molar-refractivity contribution in [3.05, 3.63) is 95.3 Å². The maximum Gasteiger partial charge on any atom is 0.308 e. The van der Waals surface area contributed by atoms with Crippen molar-refractivity contribution in [2.24, 2.45) is 0 Å². The number of anilines is 1. The molecular formula is C23H19FN2O4. The van der Waals surface area contributed by atoms with Crippen molar-refractivity contribution in [2.75, 3.05) is 5.32 Å². The summed E-state index contributed by atoms with van der Waals surface area (Å²) in [5.41, 5.74) is 1.85. The Hall–Kier alpha value is -4.00. The minimum Gasteiger partial charge on any atom is -0.427 e. The molecule has 0 saturated carbocycles. The highest BCUT2D eigenvalue weighted by Gasteiger charge is 2.10. The van der Waals surface area contributed by atoms with E-state index in [-0.39, 0.29) is 23.8 Å². The van der Waals surface area contributed by atoms with Gasteiger partial charge in [-0.1, -0.05) is 24.3 Å². The number of ether oxygens (including phenoxy) is 1. The van der Waals surface area contributed by atoms with Crippen LogP contribution in [-0.4, -0.2) is 17.8 Å². The third kappa shape index (κ3) is 5.75. The molecule has 0 heterocycles. The molecule has 0 aliphatic heterocycles. The molecule has 0 spiro atoms. The van der Waals surface area contributed by atoms with Crippen molar-refractivity contribution < 1.29 is 23.5 Å². The van der Waals surface area contributed by atoms with Gasteiger partial charge in [0, 0.05) is 30.3 Å². The smallest absolute Gasteiger partial charge is 0.308 e. The third-order valence-electron chi connectivity index (χ3n) is 4.08. The van der Waals surface area contributed by atoms with Gasteiger partial charge < -0.3 is 15.4 Å². The number of hydrogen-bond donors (Lipinski definition) is 2. The zero-order chi connectivity index (χ0) is 21.5. The quantitative estimate of drug-likeness (QED) is 0.480. The van der Waals surface area contributed by atoms with Crippen LogP contribution in [0.3, 0.4) is 0 Å². The summed E-state index contributed by atoms with van der Waals surface area (Å²) in [5, 5.41) is 5.48. The van der Waals surface area contributed by atoms with Crippen LogP contribution in [0.1, 0.15) is 33.2 Å². The van der Waals surface area contributed by atoms with Crippen LogP contribution in [0.5, 0.6) is 5.75 Å². The van der Waals surface area contributed by atoms with E-state index in [1.54, 1.807) is 42.5 Å².